The first-order valence-electron chi connectivity index (χ1n) is 19.9. The first-order chi connectivity index (χ1) is 25.6. The molecule has 9 nitrogen and oxygen atoms in total. The Morgan fingerprint density at radius 3 is 2.53 bits per heavy atom. The van der Waals surface area contributed by atoms with Gasteiger partial charge in [0.05, 0.1) is 29.8 Å². The molecule has 1 spiro atoms. The maximum atomic E-state index is 17.1. The molecule has 11 heteroatoms. The summed E-state index contributed by atoms with van der Waals surface area (Å²) in [4.78, 5) is 19.0. The fraction of sp³-hybridized carbons (Fsp3) is 0.595. The summed E-state index contributed by atoms with van der Waals surface area (Å²) in [6.07, 6.45) is 14.8. The molecule has 3 unspecified atom stereocenters. The van der Waals surface area contributed by atoms with Gasteiger partial charge in [-0.25, -0.2) is 8.78 Å². The number of aryl methyl sites for hydroxylation is 1. The van der Waals surface area contributed by atoms with Crippen LogP contribution >= 0.6 is 0 Å². The number of hydrogen-bond donors (Lipinski definition) is 2. The number of fused-ring (bicyclic) bond motifs is 3. The van der Waals surface area contributed by atoms with E-state index in [-0.39, 0.29) is 34.0 Å². The Hall–Kier alpha value is -3.67. The first-order valence-corrected chi connectivity index (χ1v) is 19.9. The number of benzene rings is 2. The molecule has 2 aromatic carbocycles. The van der Waals surface area contributed by atoms with Crippen molar-refractivity contribution < 1.29 is 28.5 Å². The van der Waals surface area contributed by atoms with Gasteiger partial charge in [0, 0.05) is 42.3 Å². The Balaban J connectivity index is 1.09. The maximum absolute atomic E-state index is 17.1. The van der Waals surface area contributed by atoms with Crippen molar-refractivity contribution in [3.05, 3.63) is 47.7 Å². The van der Waals surface area contributed by atoms with Gasteiger partial charge in [0.15, 0.2) is 5.82 Å². The zero-order valence-corrected chi connectivity index (χ0v) is 31.0. The first kappa shape index (κ1) is 35.1. The highest BCUT2D eigenvalue weighted by atomic mass is 19.1. The van der Waals surface area contributed by atoms with Gasteiger partial charge in [-0.1, -0.05) is 19.4 Å². The van der Waals surface area contributed by atoms with E-state index in [1.807, 2.05) is 18.7 Å². The largest absolute Gasteiger partial charge is 0.508 e. The van der Waals surface area contributed by atoms with E-state index in [0.717, 1.165) is 64.5 Å². The molecular weight excluding hydrogens is 676 g/mol. The van der Waals surface area contributed by atoms with Gasteiger partial charge in [-0.2, -0.15) is 9.97 Å². The third-order valence-electron chi connectivity index (χ3n) is 13.5. The number of pyridine rings is 1. The molecule has 2 aromatic heterocycles. The lowest BCUT2D eigenvalue weighted by Crippen LogP contribution is -2.58. The van der Waals surface area contributed by atoms with Crippen molar-refractivity contribution in [1.82, 2.24) is 19.9 Å². The molecule has 282 valence electrons. The number of phenols is 1. The summed E-state index contributed by atoms with van der Waals surface area (Å²) in [7, 11) is 0. The van der Waals surface area contributed by atoms with Gasteiger partial charge in [0.2, 0.25) is 0 Å². The number of β-amino-alcohol motifs (C(OH)–C–C–N with tert-alkyl or cyclic N) is 1. The van der Waals surface area contributed by atoms with Crippen LogP contribution in [0.25, 0.3) is 32.9 Å². The lowest BCUT2D eigenvalue weighted by atomic mass is 9.72. The van der Waals surface area contributed by atoms with Crippen molar-refractivity contribution in [2.75, 3.05) is 37.7 Å². The molecule has 5 aliphatic rings. The molecule has 3 aliphatic heterocycles. The van der Waals surface area contributed by atoms with Gasteiger partial charge in [-0.05, 0) is 125 Å². The fourth-order valence-electron chi connectivity index (χ4n) is 10.8. The number of aliphatic hydroxyl groups is 1. The molecule has 0 radical (unpaired) electrons. The number of phenolic OH excluding ortho intramolecular Hbond substituents is 1. The van der Waals surface area contributed by atoms with E-state index in [4.69, 9.17) is 19.4 Å². The lowest BCUT2D eigenvalue weighted by molar-refractivity contribution is -0.175. The molecule has 5 fully saturated rings. The second-order valence-electron chi connectivity index (χ2n) is 16.9. The fourth-order valence-corrected chi connectivity index (χ4v) is 10.8. The topological polar surface area (TPSA) is 104 Å². The zero-order chi connectivity index (χ0) is 36.5. The highest BCUT2D eigenvalue weighted by molar-refractivity contribution is 6.01. The number of hydrogen-bond acceptors (Lipinski definition) is 9. The van der Waals surface area contributed by atoms with Gasteiger partial charge >= 0.3 is 6.01 Å². The maximum Gasteiger partial charge on any atom is 0.319 e. The van der Waals surface area contributed by atoms with E-state index in [0.29, 0.717) is 77.7 Å². The monoisotopic (exact) mass is 727 g/mol. The smallest absolute Gasteiger partial charge is 0.319 e. The minimum atomic E-state index is -0.936. The standard InChI is InChI=1S/C42H51F2N5O4/c1-3-29-32(43)9-8-26-21-28(50)22-30(34(26)29)36-35(44)37-31(23-45-36)38(48-18-5-12-40(2,51)24-48)47-39(46-37)52-25-41-13-4-7-33(41)49(19-6-14-41)27-10-15-42(16-11-27)17-20-53-42/h8-9,21-23,27,33,50-51H,3-7,10-20,24-25H2,1-2H3. The van der Waals surface area contributed by atoms with E-state index in [2.05, 4.69) is 9.88 Å². The average Bonchev–Trinajstić information content (AvgIpc) is 3.57. The second-order valence-corrected chi connectivity index (χ2v) is 16.9. The van der Waals surface area contributed by atoms with Crippen molar-refractivity contribution in [2.45, 2.75) is 121 Å². The normalized spacial score (nSPS) is 30.5. The molecule has 4 aromatic rings. The average molecular weight is 728 g/mol. The van der Waals surface area contributed by atoms with Gasteiger partial charge in [-0.15, -0.1) is 0 Å². The lowest BCUT2D eigenvalue weighted by Gasteiger charge is -2.53. The Labute approximate surface area is 309 Å². The SMILES string of the molecule is CCc1c(F)ccc2cc(O)cc(-c3ncc4c(N5CCCC(C)(O)C5)nc(OCC56CCCC5N(C5CCC7(CCO7)CC5)CCC6)nc4c3F)c12. The van der Waals surface area contributed by atoms with E-state index in [1.165, 1.54) is 31.4 Å². The third kappa shape index (κ3) is 6.11. The zero-order valence-electron chi connectivity index (χ0n) is 31.0. The van der Waals surface area contributed by atoms with Crippen molar-refractivity contribution >= 4 is 27.5 Å². The van der Waals surface area contributed by atoms with Crippen LogP contribution < -0.4 is 9.64 Å². The van der Waals surface area contributed by atoms with Gasteiger partial charge in [-0.3, -0.25) is 9.88 Å². The number of piperidine rings is 2. The molecule has 53 heavy (non-hydrogen) atoms. The van der Waals surface area contributed by atoms with Crippen LogP contribution in [0.5, 0.6) is 11.8 Å². The Morgan fingerprint density at radius 1 is 0.981 bits per heavy atom. The molecule has 0 amide bonds. The number of anilines is 1. The van der Waals surface area contributed by atoms with Crippen LogP contribution in [0.2, 0.25) is 0 Å². The van der Waals surface area contributed by atoms with E-state index in [9.17, 15) is 10.2 Å². The second kappa shape index (κ2) is 13.3. The predicted octanol–water partition coefficient (Wildman–Crippen LogP) is 7.86. The number of rotatable bonds is 7. The van der Waals surface area contributed by atoms with Crippen LogP contribution in [0, 0.1) is 17.0 Å². The molecular formula is C42H51F2N5O4. The van der Waals surface area contributed by atoms with E-state index >= 15 is 8.78 Å². The van der Waals surface area contributed by atoms with Crippen molar-refractivity contribution in [2.24, 2.45) is 5.41 Å². The minimum absolute atomic E-state index is 0.0288. The number of halogens is 2. The number of likely N-dealkylation sites (tertiary alicyclic amines) is 1. The summed E-state index contributed by atoms with van der Waals surface area (Å²) < 4.78 is 44.9. The molecule has 3 saturated heterocycles. The number of ether oxygens (including phenoxy) is 2. The molecule has 2 N–H and O–H groups in total. The molecule has 3 atom stereocenters. The Kier molecular flexibility index (Phi) is 8.78. The number of aromatic hydroxyl groups is 1. The van der Waals surface area contributed by atoms with Crippen molar-refractivity contribution in [3.63, 3.8) is 0 Å². The molecule has 5 heterocycles. The van der Waals surface area contributed by atoms with Crippen LogP contribution in [0.3, 0.4) is 0 Å². The minimum Gasteiger partial charge on any atom is -0.508 e. The molecule has 2 saturated carbocycles. The van der Waals surface area contributed by atoms with Crippen LogP contribution in [0.15, 0.2) is 30.5 Å². The highest BCUT2D eigenvalue weighted by Crippen LogP contribution is 2.51. The molecule has 9 rings (SSSR count). The van der Waals surface area contributed by atoms with Gasteiger partial charge in [0.25, 0.3) is 0 Å². The summed E-state index contributed by atoms with van der Waals surface area (Å²) >= 11 is 0. The summed E-state index contributed by atoms with van der Waals surface area (Å²) in [6.45, 7) is 7.10. The van der Waals surface area contributed by atoms with Crippen LogP contribution in [0.1, 0.15) is 96.5 Å². The number of aromatic nitrogens is 3. The Morgan fingerprint density at radius 2 is 1.77 bits per heavy atom. The van der Waals surface area contributed by atoms with Crippen molar-refractivity contribution in [1.29, 1.82) is 0 Å². The summed E-state index contributed by atoms with van der Waals surface area (Å²) in [6, 6.07) is 7.07. The van der Waals surface area contributed by atoms with Gasteiger partial charge < -0.3 is 24.6 Å². The number of nitrogens with zero attached hydrogens (tertiary/aromatic N) is 5. The van der Waals surface area contributed by atoms with Crippen LogP contribution in [-0.4, -0.2) is 86.2 Å². The Bertz CT molecular complexity index is 2050. The predicted molar refractivity (Wildman–Crippen MR) is 200 cm³/mol. The summed E-state index contributed by atoms with van der Waals surface area (Å²) in [5.74, 6) is -0.675. The van der Waals surface area contributed by atoms with Crippen LogP contribution in [-0.2, 0) is 11.2 Å². The highest BCUT2D eigenvalue weighted by Gasteiger charge is 2.52. The molecule has 0 bridgehead atoms. The molecule has 2 aliphatic carbocycles. The van der Waals surface area contributed by atoms with Crippen LogP contribution in [0.4, 0.5) is 14.6 Å². The third-order valence-corrected chi connectivity index (χ3v) is 13.5. The summed E-state index contributed by atoms with van der Waals surface area (Å²) in [5.41, 5.74) is -0.0807. The van der Waals surface area contributed by atoms with E-state index in [1.54, 1.807) is 18.3 Å². The van der Waals surface area contributed by atoms with Gasteiger partial charge in [0.1, 0.15) is 28.6 Å². The van der Waals surface area contributed by atoms with Crippen molar-refractivity contribution in [3.8, 4) is 23.0 Å². The van der Waals surface area contributed by atoms with E-state index < -0.39 is 17.2 Å². The summed E-state index contributed by atoms with van der Waals surface area (Å²) in [5, 5.41) is 23.3. The quantitative estimate of drug-likeness (QED) is 0.197.